The summed E-state index contributed by atoms with van der Waals surface area (Å²) in [5.74, 6) is -0.205. The molecule has 1 atom stereocenters. The van der Waals surface area contributed by atoms with Crippen molar-refractivity contribution in [3.63, 3.8) is 0 Å². The third kappa shape index (κ3) is 4.00. The lowest BCUT2D eigenvalue weighted by Gasteiger charge is -2.06. The summed E-state index contributed by atoms with van der Waals surface area (Å²) in [5, 5.41) is 7.69. The van der Waals surface area contributed by atoms with E-state index >= 15 is 0 Å². The first kappa shape index (κ1) is 12.8. The van der Waals surface area contributed by atoms with Crippen LogP contribution in [0.3, 0.4) is 0 Å². The van der Waals surface area contributed by atoms with E-state index in [1.807, 2.05) is 13.2 Å². The molecule has 0 aromatic carbocycles. The van der Waals surface area contributed by atoms with Crippen LogP contribution in [0.1, 0.15) is 13.8 Å². The molecular weight excluding hydrogens is 252 g/mol. The number of ether oxygens (including phenoxy) is 1. The largest absolute Gasteiger partial charge is 0.465 e. The molecule has 0 N–H and O–H groups in total. The van der Waals surface area contributed by atoms with Crippen molar-refractivity contribution in [2.75, 3.05) is 12.9 Å². The summed E-state index contributed by atoms with van der Waals surface area (Å²) >= 11 is 4.43. The van der Waals surface area contributed by atoms with Crippen LogP contribution in [0.2, 0.25) is 0 Å². The van der Waals surface area contributed by atoms with Gasteiger partial charge in [0.15, 0.2) is 8.68 Å². The van der Waals surface area contributed by atoms with Crippen LogP contribution in [0.25, 0.3) is 0 Å². The van der Waals surface area contributed by atoms with Gasteiger partial charge >= 0.3 is 5.97 Å². The van der Waals surface area contributed by atoms with Gasteiger partial charge in [0.25, 0.3) is 0 Å². The number of aromatic nitrogens is 2. The number of hydrogen-bond donors (Lipinski definition) is 0. The predicted molar refractivity (Wildman–Crippen MR) is 63.6 cm³/mol. The molecule has 0 saturated carbocycles. The molecule has 1 heterocycles. The minimum atomic E-state index is -0.229. The smallest absolute Gasteiger partial charge is 0.319 e. The molecule has 0 amide bonds. The Kier molecular flexibility index (Phi) is 5.41. The van der Waals surface area contributed by atoms with Gasteiger partial charge in [0.05, 0.1) is 6.61 Å². The topological polar surface area (TPSA) is 52.1 Å². The van der Waals surface area contributed by atoms with Crippen LogP contribution in [0.5, 0.6) is 0 Å². The first-order chi connectivity index (χ1) is 7.17. The lowest BCUT2D eigenvalue weighted by Crippen LogP contribution is -2.16. The van der Waals surface area contributed by atoms with Gasteiger partial charge in [-0.15, -0.1) is 10.2 Å². The van der Waals surface area contributed by atoms with Crippen LogP contribution < -0.4 is 0 Å². The van der Waals surface area contributed by atoms with Gasteiger partial charge in [-0.3, -0.25) is 4.79 Å². The number of carbonyl (C=O) groups is 1. The van der Waals surface area contributed by atoms with Gasteiger partial charge in [-0.2, -0.15) is 0 Å². The Morgan fingerprint density at radius 3 is 2.73 bits per heavy atom. The second-order valence-corrected chi connectivity index (χ2v) is 6.17. The van der Waals surface area contributed by atoms with Crippen LogP contribution >= 0.6 is 34.9 Å². The molecule has 0 spiro atoms. The summed E-state index contributed by atoms with van der Waals surface area (Å²) < 4.78 is 6.62. The number of thioether (sulfide) groups is 2. The van der Waals surface area contributed by atoms with E-state index in [0.717, 1.165) is 8.68 Å². The fourth-order valence-electron chi connectivity index (χ4n) is 0.786. The molecule has 15 heavy (non-hydrogen) atoms. The minimum absolute atomic E-state index is 0.205. The molecule has 0 aliphatic heterocycles. The number of esters is 1. The summed E-state index contributed by atoms with van der Waals surface area (Å²) in [6.07, 6.45) is 1.95. The normalized spacial score (nSPS) is 12.5. The van der Waals surface area contributed by atoms with Gasteiger partial charge in [0.2, 0.25) is 0 Å². The monoisotopic (exact) mass is 264 g/mol. The highest BCUT2D eigenvalue weighted by Gasteiger charge is 2.17. The van der Waals surface area contributed by atoms with Crippen molar-refractivity contribution in [2.24, 2.45) is 0 Å². The molecule has 0 fully saturated rings. The zero-order valence-electron chi connectivity index (χ0n) is 8.72. The standard InChI is InChI=1S/C8H12N2O2S3/c1-4-12-6(11)5(2)14-8-10-9-7(13-3)15-8/h5H,4H2,1-3H3. The highest BCUT2D eigenvalue weighted by Crippen LogP contribution is 2.30. The second kappa shape index (κ2) is 6.34. The van der Waals surface area contributed by atoms with E-state index in [-0.39, 0.29) is 11.2 Å². The van der Waals surface area contributed by atoms with Crippen LogP contribution in [0.4, 0.5) is 0 Å². The number of rotatable bonds is 5. The van der Waals surface area contributed by atoms with E-state index in [1.54, 1.807) is 18.7 Å². The highest BCUT2D eigenvalue weighted by atomic mass is 32.2. The molecule has 0 aliphatic carbocycles. The molecule has 1 aromatic heterocycles. The number of hydrogen-bond acceptors (Lipinski definition) is 7. The lowest BCUT2D eigenvalue weighted by atomic mass is 10.5. The van der Waals surface area contributed by atoms with Crippen LogP contribution in [-0.4, -0.2) is 34.3 Å². The number of nitrogens with zero attached hydrogens (tertiary/aromatic N) is 2. The molecule has 1 aromatic rings. The summed E-state index contributed by atoms with van der Waals surface area (Å²) in [6, 6.07) is 0. The summed E-state index contributed by atoms with van der Waals surface area (Å²) in [5.41, 5.74) is 0. The molecule has 4 nitrogen and oxygen atoms in total. The lowest BCUT2D eigenvalue weighted by molar-refractivity contribution is -0.142. The van der Waals surface area contributed by atoms with Crippen LogP contribution in [-0.2, 0) is 9.53 Å². The van der Waals surface area contributed by atoms with Gasteiger partial charge < -0.3 is 4.74 Å². The van der Waals surface area contributed by atoms with E-state index < -0.39 is 0 Å². The van der Waals surface area contributed by atoms with Crippen molar-refractivity contribution in [1.29, 1.82) is 0 Å². The molecule has 0 radical (unpaired) electrons. The molecular formula is C8H12N2O2S3. The molecule has 1 rings (SSSR count). The van der Waals surface area contributed by atoms with Gasteiger partial charge in [0.1, 0.15) is 5.25 Å². The van der Waals surface area contributed by atoms with Gasteiger partial charge in [0, 0.05) is 0 Å². The maximum Gasteiger partial charge on any atom is 0.319 e. The summed E-state index contributed by atoms with van der Waals surface area (Å²) in [4.78, 5) is 11.3. The zero-order chi connectivity index (χ0) is 11.3. The maximum atomic E-state index is 11.3. The quantitative estimate of drug-likeness (QED) is 0.601. The predicted octanol–water partition coefficient (Wildman–Crippen LogP) is 2.30. The summed E-state index contributed by atoms with van der Waals surface area (Å²) in [7, 11) is 0. The Hall–Kier alpha value is -0.270. The van der Waals surface area contributed by atoms with Crippen molar-refractivity contribution in [2.45, 2.75) is 27.8 Å². The van der Waals surface area contributed by atoms with Crippen LogP contribution in [0, 0.1) is 0 Å². The Morgan fingerprint density at radius 1 is 1.53 bits per heavy atom. The van der Waals surface area contributed by atoms with E-state index in [2.05, 4.69) is 10.2 Å². The molecule has 84 valence electrons. The fourth-order valence-corrected chi connectivity index (χ4v) is 3.37. The highest BCUT2D eigenvalue weighted by molar-refractivity contribution is 8.03. The average molecular weight is 264 g/mol. The van der Waals surface area contributed by atoms with E-state index in [9.17, 15) is 4.79 Å². The summed E-state index contributed by atoms with van der Waals surface area (Å²) in [6.45, 7) is 4.02. The Bertz CT molecular complexity index is 329. The van der Waals surface area contributed by atoms with Gasteiger partial charge in [-0.1, -0.05) is 34.9 Å². The SMILES string of the molecule is CCOC(=O)C(C)Sc1nnc(SC)s1. The maximum absolute atomic E-state index is 11.3. The third-order valence-electron chi connectivity index (χ3n) is 1.46. The Labute approximate surface area is 101 Å². The Morgan fingerprint density at radius 2 is 2.20 bits per heavy atom. The van der Waals surface area contributed by atoms with E-state index in [0.29, 0.717) is 6.61 Å². The first-order valence-electron chi connectivity index (χ1n) is 4.38. The van der Waals surface area contributed by atoms with E-state index in [1.165, 1.54) is 23.1 Å². The van der Waals surface area contributed by atoms with E-state index in [4.69, 9.17) is 4.74 Å². The van der Waals surface area contributed by atoms with Crippen molar-refractivity contribution in [3.05, 3.63) is 0 Å². The molecule has 7 heteroatoms. The molecule has 0 aliphatic rings. The Balaban J connectivity index is 2.50. The third-order valence-corrected chi connectivity index (χ3v) is 4.52. The van der Waals surface area contributed by atoms with Crippen molar-refractivity contribution in [1.82, 2.24) is 10.2 Å². The van der Waals surface area contributed by atoms with Crippen molar-refractivity contribution < 1.29 is 9.53 Å². The first-order valence-corrected chi connectivity index (χ1v) is 7.30. The number of carbonyl (C=O) groups excluding carboxylic acids is 1. The van der Waals surface area contributed by atoms with Crippen molar-refractivity contribution in [3.8, 4) is 0 Å². The fraction of sp³-hybridized carbons (Fsp3) is 0.625. The minimum Gasteiger partial charge on any atom is -0.465 e. The van der Waals surface area contributed by atoms with Gasteiger partial charge in [-0.25, -0.2) is 0 Å². The van der Waals surface area contributed by atoms with Crippen molar-refractivity contribution >= 4 is 40.8 Å². The molecule has 0 bridgehead atoms. The zero-order valence-corrected chi connectivity index (χ0v) is 11.2. The molecule has 0 saturated heterocycles. The molecule has 1 unspecified atom stereocenters. The van der Waals surface area contributed by atoms with Crippen LogP contribution in [0.15, 0.2) is 8.68 Å². The average Bonchev–Trinajstić information content (AvgIpc) is 2.66. The van der Waals surface area contributed by atoms with Gasteiger partial charge in [-0.05, 0) is 20.1 Å². The second-order valence-electron chi connectivity index (χ2n) is 2.55.